The molecule has 2 heteroatoms. The molecule has 0 aromatic carbocycles. The van der Waals surface area contributed by atoms with E-state index in [2.05, 4.69) is 19.2 Å². The first-order valence-electron chi connectivity index (χ1n) is 8.46. The smallest absolute Gasteiger partial charge is 0.0465 e. The van der Waals surface area contributed by atoms with Gasteiger partial charge in [0, 0.05) is 19.8 Å². The normalized spacial score (nSPS) is 32.7. The average Bonchev–Trinajstić information content (AvgIpc) is 3.03. The van der Waals surface area contributed by atoms with Crippen LogP contribution in [0.3, 0.4) is 0 Å². The molecule has 2 nitrogen and oxygen atoms in total. The van der Waals surface area contributed by atoms with Crippen LogP contribution in [0.15, 0.2) is 0 Å². The van der Waals surface area contributed by atoms with Crippen molar-refractivity contribution >= 4 is 0 Å². The van der Waals surface area contributed by atoms with Gasteiger partial charge >= 0.3 is 0 Å². The third-order valence-electron chi connectivity index (χ3n) is 5.56. The lowest BCUT2D eigenvalue weighted by atomic mass is 9.81. The number of hydrogen-bond donors (Lipinski definition) is 1. The van der Waals surface area contributed by atoms with Crippen molar-refractivity contribution in [1.29, 1.82) is 0 Å². The molecule has 2 aliphatic rings. The number of nitrogens with one attached hydrogen (secondary N) is 1. The van der Waals surface area contributed by atoms with Crippen LogP contribution in [-0.2, 0) is 4.74 Å². The molecule has 0 radical (unpaired) electrons. The lowest BCUT2D eigenvalue weighted by molar-refractivity contribution is 0.160. The van der Waals surface area contributed by atoms with Gasteiger partial charge in [-0.25, -0.2) is 0 Å². The second kappa shape index (κ2) is 7.64. The van der Waals surface area contributed by atoms with E-state index in [0.717, 1.165) is 30.3 Å². The van der Waals surface area contributed by atoms with Gasteiger partial charge in [0.15, 0.2) is 0 Å². The number of hydrogen-bond acceptors (Lipinski definition) is 2. The molecular weight excluding hydrogens is 234 g/mol. The maximum Gasteiger partial charge on any atom is 0.0465 e. The van der Waals surface area contributed by atoms with Gasteiger partial charge in [0.2, 0.25) is 0 Å². The summed E-state index contributed by atoms with van der Waals surface area (Å²) in [4.78, 5) is 0. The van der Waals surface area contributed by atoms with Crippen molar-refractivity contribution in [2.24, 2.45) is 23.7 Å². The molecule has 19 heavy (non-hydrogen) atoms. The lowest BCUT2D eigenvalue weighted by Gasteiger charge is -2.31. The summed E-state index contributed by atoms with van der Waals surface area (Å²) in [6, 6.07) is 0.708. The largest absolute Gasteiger partial charge is 0.385 e. The molecular formula is C17H33NO. The van der Waals surface area contributed by atoms with Gasteiger partial charge < -0.3 is 10.1 Å². The van der Waals surface area contributed by atoms with E-state index < -0.39 is 0 Å². The molecule has 2 saturated carbocycles. The first kappa shape index (κ1) is 15.3. The fourth-order valence-electron chi connectivity index (χ4n) is 4.34. The minimum absolute atomic E-state index is 0.708. The Bertz CT molecular complexity index is 256. The fraction of sp³-hybridized carbons (Fsp3) is 1.00. The Kier molecular flexibility index (Phi) is 6.15. The van der Waals surface area contributed by atoms with Crippen LogP contribution in [0.4, 0.5) is 0 Å². The first-order chi connectivity index (χ1) is 9.24. The highest BCUT2D eigenvalue weighted by molar-refractivity contribution is 4.92. The zero-order valence-corrected chi connectivity index (χ0v) is 13.2. The predicted octanol–water partition coefficient (Wildman–Crippen LogP) is 3.85. The molecule has 0 aliphatic heterocycles. The highest BCUT2D eigenvalue weighted by Gasteiger charge is 2.40. The van der Waals surface area contributed by atoms with E-state index in [1.807, 2.05) is 7.11 Å². The Labute approximate surface area is 119 Å². The molecule has 0 heterocycles. The Morgan fingerprint density at radius 1 is 1.26 bits per heavy atom. The maximum atomic E-state index is 5.26. The number of ether oxygens (including phenoxy) is 1. The topological polar surface area (TPSA) is 21.3 Å². The maximum absolute atomic E-state index is 5.26. The van der Waals surface area contributed by atoms with Crippen molar-refractivity contribution < 1.29 is 4.74 Å². The van der Waals surface area contributed by atoms with Gasteiger partial charge in [-0.1, -0.05) is 20.3 Å². The summed E-state index contributed by atoms with van der Waals surface area (Å²) in [5.41, 5.74) is 0. The predicted molar refractivity (Wildman–Crippen MR) is 81.3 cm³/mol. The van der Waals surface area contributed by atoms with E-state index in [9.17, 15) is 0 Å². The van der Waals surface area contributed by atoms with Crippen LogP contribution in [0.1, 0.15) is 58.8 Å². The van der Waals surface area contributed by atoms with Crippen molar-refractivity contribution in [3.8, 4) is 0 Å². The summed E-state index contributed by atoms with van der Waals surface area (Å²) < 4.78 is 5.26. The Hall–Kier alpha value is -0.0800. The standard InChI is InChI=1S/C17H33NO/c1-4-8-18-17(13(2)7-9-19-3)12-16-11-14-5-6-15(16)10-14/h13-18H,4-12H2,1-3H3. The van der Waals surface area contributed by atoms with Crippen molar-refractivity contribution in [1.82, 2.24) is 5.32 Å². The van der Waals surface area contributed by atoms with Gasteiger partial charge in [-0.3, -0.25) is 0 Å². The Morgan fingerprint density at radius 3 is 2.68 bits per heavy atom. The number of rotatable bonds is 9. The van der Waals surface area contributed by atoms with E-state index in [1.165, 1.54) is 51.5 Å². The highest BCUT2D eigenvalue weighted by atomic mass is 16.5. The van der Waals surface area contributed by atoms with E-state index in [4.69, 9.17) is 4.74 Å². The van der Waals surface area contributed by atoms with Crippen LogP contribution in [0.5, 0.6) is 0 Å². The van der Waals surface area contributed by atoms with Crippen LogP contribution in [0.25, 0.3) is 0 Å². The number of fused-ring (bicyclic) bond motifs is 2. The molecule has 2 rings (SSSR count). The van der Waals surface area contributed by atoms with Gasteiger partial charge in [0.05, 0.1) is 0 Å². The zero-order chi connectivity index (χ0) is 13.7. The van der Waals surface area contributed by atoms with E-state index in [1.54, 1.807) is 0 Å². The van der Waals surface area contributed by atoms with Crippen LogP contribution >= 0.6 is 0 Å². The van der Waals surface area contributed by atoms with Gasteiger partial charge in [-0.05, 0) is 68.7 Å². The molecule has 2 aliphatic carbocycles. The lowest BCUT2D eigenvalue weighted by Crippen LogP contribution is -2.38. The van der Waals surface area contributed by atoms with Crippen LogP contribution in [-0.4, -0.2) is 26.3 Å². The van der Waals surface area contributed by atoms with E-state index >= 15 is 0 Å². The molecule has 0 aromatic rings. The zero-order valence-electron chi connectivity index (χ0n) is 13.2. The molecule has 0 amide bonds. The first-order valence-corrected chi connectivity index (χ1v) is 8.46. The minimum atomic E-state index is 0.708. The van der Waals surface area contributed by atoms with Gasteiger partial charge in [0.25, 0.3) is 0 Å². The van der Waals surface area contributed by atoms with E-state index in [0.29, 0.717) is 6.04 Å². The summed E-state index contributed by atoms with van der Waals surface area (Å²) in [5.74, 6) is 3.89. The van der Waals surface area contributed by atoms with Gasteiger partial charge in [-0.2, -0.15) is 0 Å². The molecule has 1 N–H and O–H groups in total. The Balaban J connectivity index is 1.82. The van der Waals surface area contributed by atoms with Crippen molar-refractivity contribution in [3.05, 3.63) is 0 Å². The van der Waals surface area contributed by atoms with Crippen molar-refractivity contribution in [3.63, 3.8) is 0 Å². The molecule has 2 bridgehead atoms. The molecule has 0 aromatic heterocycles. The van der Waals surface area contributed by atoms with Crippen LogP contribution < -0.4 is 5.32 Å². The third-order valence-corrected chi connectivity index (χ3v) is 5.56. The van der Waals surface area contributed by atoms with Gasteiger partial charge in [0.1, 0.15) is 0 Å². The third kappa shape index (κ3) is 4.19. The molecule has 5 unspecified atom stereocenters. The second-order valence-corrected chi connectivity index (χ2v) is 6.99. The molecule has 0 spiro atoms. The molecule has 0 saturated heterocycles. The molecule has 112 valence electrons. The molecule has 5 atom stereocenters. The van der Waals surface area contributed by atoms with Crippen molar-refractivity contribution in [2.45, 2.75) is 64.8 Å². The summed E-state index contributed by atoms with van der Waals surface area (Å²) in [5, 5.41) is 3.81. The Morgan fingerprint density at radius 2 is 2.11 bits per heavy atom. The minimum Gasteiger partial charge on any atom is -0.385 e. The van der Waals surface area contributed by atoms with Gasteiger partial charge in [-0.15, -0.1) is 0 Å². The van der Waals surface area contributed by atoms with Crippen LogP contribution in [0.2, 0.25) is 0 Å². The summed E-state index contributed by atoms with van der Waals surface area (Å²) in [6.07, 6.45) is 9.94. The summed E-state index contributed by atoms with van der Waals surface area (Å²) in [6.45, 7) is 6.74. The highest BCUT2D eigenvalue weighted by Crippen LogP contribution is 2.50. The summed E-state index contributed by atoms with van der Waals surface area (Å²) in [7, 11) is 1.82. The quantitative estimate of drug-likeness (QED) is 0.685. The summed E-state index contributed by atoms with van der Waals surface area (Å²) >= 11 is 0. The van der Waals surface area contributed by atoms with E-state index in [-0.39, 0.29) is 0 Å². The second-order valence-electron chi connectivity index (χ2n) is 6.99. The average molecular weight is 267 g/mol. The SMILES string of the molecule is CCCNC(CC1CC2CCC1C2)C(C)CCOC. The van der Waals surface area contributed by atoms with Crippen LogP contribution in [0, 0.1) is 23.7 Å². The monoisotopic (exact) mass is 267 g/mol. The molecule has 2 fully saturated rings. The fourth-order valence-corrected chi connectivity index (χ4v) is 4.34. The number of methoxy groups -OCH3 is 1. The van der Waals surface area contributed by atoms with Crippen molar-refractivity contribution in [2.75, 3.05) is 20.3 Å².